The SMILES string of the molecule is CC(C)(C)C(N)CCCc1cc(Cl)cc2c1OCC2. The van der Waals surface area contributed by atoms with E-state index in [-0.39, 0.29) is 11.5 Å². The van der Waals surface area contributed by atoms with E-state index >= 15 is 0 Å². The maximum Gasteiger partial charge on any atom is 0.125 e. The van der Waals surface area contributed by atoms with Crippen molar-refractivity contribution in [3.63, 3.8) is 0 Å². The van der Waals surface area contributed by atoms with E-state index in [9.17, 15) is 0 Å². The van der Waals surface area contributed by atoms with E-state index in [4.69, 9.17) is 22.1 Å². The van der Waals surface area contributed by atoms with Gasteiger partial charge in [-0.1, -0.05) is 32.4 Å². The van der Waals surface area contributed by atoms with Gasteiger partial charge >= 0.3 is 0 Å². The maximum absolute atomic E-state index is 6.20. The lowest BCUT2D eigenvalue weighted by Crippen LogP contribution is -2.34. The number of fused-ring (bicyclic) bond motifs is 1. The highest BCUT2D eigenvalue weighted by atomic mass is 35.5. The molecule has 1 aromatic rings. The van der Waals surface area contributed by atoms with Crippen molar-refractivity contribution in [3.05, 3.63) is 28.3 Å². The highest BCUT2D eigenvalue weighted by Crippen LogP contribution is 2.34. The van der Waals surface area contributed by atoms with E-state index in [0.29, 0.717) is 0 Å². The van der Waals surface area contributed by atoms with Gasteiger partial charge in [-0.05, 0) is 47.9 Å². The van der Waals surface area contributed by atoms with Crippen LogP contribution in [-0.4, -0.2) is 12.6 Å². The monoisotopic (exact) mass is 281 g/mol. The first-order valence-corrected chi connectivity index (χ1v) is 7.45. The van der Waals surface area contributed by atoms with Crippen molar-refractivity contribution in [1.29, 1.82) is 0 Å². The quantitative estimate of drug-likeness (QED) is 0.906. The van der Waals surface area contributed by atoms with Gasteiger partial charge < -0.3 is 10.5 Å². The van der Waals surface area contributed by atoms with Crippen LogP contribution < -0.4 is 10.5 Å². The zero-order valence-electron chi connectivity index (χ0n) is 12.1. The minimum absolute atomic E-state index is 0.173. The predicted molar refractivity (Wildman–Crippen MR) is 81.0 cm³/mol. The zero-order valence-corrected chi connectivity index (χ0v) is 12.9. The fourth-order valence-electron chi connectivity index (χ4n) is 2.48. The molecule has 3 heteroatoms. The van der Waals surface area contributed by atoms with Gasteiger partial charge in [0, 0.05) is 17.5 Å². The summed E-state index contributed by atoms with van der Waals surface area (Å²) in [7, 11) is 0. The summed E-state index contributed by atoms with van der Waals surface area (Å²) >= 11 is 6.16. The second-order valence-corrected chi connectivity index (χ2v) is 6.95. The molecule has 0 aliphatic carbocycles. The molecule has 1 aromatic carbocycles. The Morgan fingerprint density at radius 1 is 1.37 bits per heavy atom. The average Bonchev–Trinajstić information content (AvgIpc) is 2.75. The van der Waals surface area contributed by atoms with E-state index in [0.717, 1.165) is 43.1 Å². The lowest BCUT2D eigenvalue weighted by molar-refractivity contribution is 0.300. The first-order chi connectivity index (χ1) is 8.88. The fraction of sp³-hybridized carbons (Fsp3) is 0.625. The Morgan fingerprint density at radius 3 is 2.79 bits per heavy atom. The molecule has 0 spiro atoms. The molecule has 0 aromatic heterocycles. The van der Waals surface area contributed by atoms with Crippen molar-refractivity contribution in [2.24, 2.45) is 11.1 Å². The van der Waals surface area contributed by atoms with E-state index in [2.05, 4.69) is 20.8 Å². The van der Waals surface area contributed by atoms with Gasteiger partial charge in [-0.2, -0.15) is 0 Å². The fourth-order valence-corrected chi connectivity index (χ4v) is 2.74. The van der Waals surface area contributed by atoms with Crippen LogP contribution >= 0.6 is 11.6 Å². The first-order valence-electron chi connectivity index (χ1n) is 7.07. The third-order valence-corrected chi connectivity index (χ3v) is 4.12. The van der Waals surface area contributed by atoms with Crippen LogP contribution in [-0.2, 0) is 12.8 Å². The number of hydrogen-bond donors (Lipinski definition) is 1. The smallest absolute Gasteiger partial charge is 0.125 e. The summed E-state index contributed by atoms with van der Waals surface area (Å²) in [5, 5.41) is 0.819. The van der Waals surface area contributed by atoms with Crippen molar-refractivity contribution in [1.82, 2.24) is 0 Å². The summed E-state index contributed by atoms with van der Waals surface area (Å²) in [6, 6.07) is 4.29. The van der Waals surface area contributed by atoms with Crippen LogP contribution in [0.3, 0.4) is 0 Å². The van der Waals surface area contributed by atoms with Gasteiger partial charge in [0.2, 0.25) is 0 Å². The zero-order chi connectivity index (χ0) is 14.0. The molecule has 0 bridgehead atoms. The summed E-state index contributed by atoms with van der Waals surface area (Å²) in [5.74, 6) is 1.06. The topological polar surface area (TPSA) is 35.2 Å². The molecule has 0 saturated heterocycles. The van der Waals surface area contributed by atoms with Gasteiger partial charge in [-0.3, -0.25) is 0 Å². The Balaban J connectivity index is 1.97. The van der Waals surface area contributed by atoms with Gasteiger partial charge in [0.25, 0.3) is 0 Å². The predicted octanol–water partition coefficient (Wildman–Crippen LogP) is 3.97. The Bertz CT molecular complexity index is 451. The van der Waals surface area contributed by atoms with Gasteiger partial charge in [-0.15, -0.1) is 0 Å². The number of hydrogen-bond acceptors (Lipinski definition) is 2. The number of nitrogens with two attached hydrogens (primary N) is 1. The lowest BCUT2D eigenvalue weighted by Gasteiger charge is -2.27. The van der Waals surface area contributed by atoms with Crippen LogP contribution in [0.4, 0.5) is 0 Å². The maximum atomic E-state index is 6.20. The Labute approximate surface area is 121 Å². The third-order valence-electron chi connectivity index (χ3n) is 3.90. The van der Waals surface area contributed by atoms with E-state index in [1.807, 2.05) is 12.1 Å². The van der Waals surface area contributed by atoms with Crippen LogP contribution in [0.2, 0.25) is 5.02 Å². The number of rotatable bonds is 4. The Kier molecular flexibility index (Phi) is 4.42. The second kappa shape index (κ2) is 5.72. The summed E-state index contributed by atoms with van der Waals surface area (Å²) in [6.45, 7) is 7.36. The van der Waals surface area contributed by atoms with Crippen molar-refractivity contribution >= 4 is 11.6 Å². The molecule has 1 atom stereocenters. The highest BCUT2D eigenvalue weighted by Gasteiger charge is 2.21. The molecule has 0 saturated carbocycles. The molecule has 2 N–H and O–H groups in total. The molecule has 0 radical (unpaired) electrons. The first kappa shape index (κ1) is 14.7. The number of aryl methyl sites for hydroxylation is 1. The molecule has 0 amide bonds. The number of halogens is 1. The van der Waals surface area contributed by atoms with Gasteiger partial charge in [-0.25, -0.2) is 0 Å². The summed E-state index contributed by atoms with van der Waals surface area (Å²) in [4.78, 5) is 0. The van der Waals surface area contributed by atoms with Crippen LogP contribution in [0.5, 0.6) is 5.75 Å². The average molecular weight is 282 g/mol. The molecule has 19 heavy (non-hydrogen) atoms. The molecule has 2 rings (SSSR count). The van der Waals surface area contributed by atoms with Crippen LogP contribution in [0.25, 0.3) is 0 Å². The molecule has 2 nitrogen and oxygen atoms in total. The molecule has 1 heterocycles. The van der Waals surface area contributed by atoms with Crippen molar-refractivity contribution in [3.8, 4) is 5.75 Å². The second-order valence-electron chi connectivity index (χ2n) is 6.52. The molecule has 106 valence electrons. The third kappa shape index (κ3) is 3.64. The lowest BCUT2D eigenvalue weighted by atomic mass is 9.84. The van der Waals surface area contributed by atoms with Crippen molar-refractivity contribution in [2.75, 3.05) is 6.61 Å². The van der Waals surface area contributed by atoms with Crippen molar-refractivity contribution < 1.29 is 4.74 Å². The molecule has 0 fully saturated rings. The molecular weight excluding hydrogens is 258 g/mol. The minimum Gasteiger partial charge on any atom is -0.493 e. The van der Waals surface area contributed by atoms with Crippen LogP contribution in [0.1, 0.15) is 44.7 Å². The minimum atomic E-state index is 0.173. The number of benzene rings is 1. The van der Waals surface area contributed by atoms with Crippen LogP contribution in [0, 0.1) is 5.41 Å². The van der Waals surface area contributed by atoms with Gasteiger partial charge in [0.05, 0.1) is 6.61 Å². The highest BCUT2D eigenvalue weighted by molar-refractivity contribution is 6.30. The largest absolute Gasteiger partial charge is 0.493 e. The van der Waals surface area contributed by atoms with Gasteiger partial charge in [0.15, 0.2) is 0 Å². The summed E-state index contributed by atoms with van der Waals surface area (Å²) in [6.07, 6.45) is 4.08. The molecule has 1 aliphatic rings. The van der Waals surface area contributed by atoms with E-state index < -0.39 is 0 Å². The standard InChI is InChI=1S/C16H24ClNO/c1-16(2,3)14(18)6-4-5-11-9-13(17)10-12-7-8-19-15(11)12/h9-10,14H,4-8,18H2,1-3H3. The normalized spacial score (nSPS) is 16.1. The summed E-state index contributed by atoms with van der Waals surface area (Å²) in [5.41, 5.74) is 8.86. The summed E-state index contributed by atoms with van der Waals surface area (Å²) < 4.78 is 5.72. The Morgan fingerprint density at radius 2 is 2.11 bits per heavy atom. The number of ether oxygens (including phenoxy) is 1. The van der Waals surface area contributed by atoms with Crippen molar-refractivity contribution in [2.45, 2.75) is 52.5 Å². The molecular formula is C16H24ClNO. The van der Waals surface area contributed by atoms with Gasteiger partial charge in [0.1, 0.15) is 5.75 Å². The Hall–Kier alpha value is -0.730. The van der Waals surface area contributed by atoms with E-state index in [1.165, 1.54) is 11.1 Å². The molecule has 1 unspecified atom stereocenters. The van der Waals surface area contributed by atoms with Crippen LogP contribution in [0.15, 0.2) is 12.1 Å². The van der Waals surface area contributed by atoms with E-state index in [1.54, 1.807) is 0 Å². The molecule has 1 aliphatic heterocycles.